The Kier molecular flexibility index (Phi) is 4.14. The van der Waals surface area contributed by atoms with Crippen LogP contribution in [0.1, 0.15) is 16.2 Å². The van der Waals surface area contributed by atoms with Gasteiger partial charge in [0.2, 0.25) is 0 Å². The minimum Gasteiger partial charge on any atom is -0.506 e. The SMILES string of the molecule is COCc1cc(C(=O)Nc2cc([N+](=O)[O-])ccc2O)no1. The Balaban J connectivity index is 2.18. The fourth-order valence-electron chi connectivity index (χ4n) is 1.55. The van der Waals surface area contributed by atoms with Crippen LogP contribution in [0, 0.1) is 10.1 Å². The van der Waals surface area contributed by atoms with Gasteiger partial charge in [-0.15, -0.1) is 0 Å². The molecule has 1 aromatic heterocycles. The molecule has 0 atom stereocenters. The highest BCUT2D eigenvalue weighted by atomic mass is 16.6. The van der Waals surface area contributed by atoms with Crippen molar-refractivity contribution in [3.63, 3.8) is 0 Å². The van der Waals surface area contributed by atoms with Crippen LogP contribution < -0.4 is 5.32 Å². The van der Waals surface area contributed by atoms with E-state index in [1.54, 1.807) is 0 Å². The number of carbonyl (C=O) groups is 1. The molecule has 2 N–H and O–H groups in total. The third kappa shape index (κ3) is 3.34. The van der Waals surface area contributed by atoms with E-state index in [0.717, 1.165) is 18.2 Å². The van der Waals surface area contributed by atoms with E-state index in [1.165, 1.54) is 13.2 Å². The quantitative estimate of drug-likeness (QED) is 0.487. The van der Waals surface area contributed by atoms with Gasteiger partial charge in [0.15, 0.2) is 11.5 Å². The first-order valence-corrected chi connectivity index (χ1v) is 5.74. The standard InChI is InChI=1S/C12H11N3O6/c1-20-6-8-5-10(14-21-8)12(17)13-9-4-7(15(18)19)2-3-11(9)16/h2-5,16H,6H2,1H3,(H,13,17). The van der Waals surface area contributed by atoms with Crippen molar-refractivity contribution >= 4 is 17.3 Å². The van der Waals surface area contributed by atoms with E-state index >= 15 is 0 Å². The lowest BCUT2D eigenvalue weighted by atomic mass is 10.2. The molecule has 0 fully saturated rings. The van der Waals surface area contributed by atoms with Gasteiger partial charge < -0.3 is 19.7 Å². The number of non-ortho nitro benzene ring substituents is 1. The molecule has 2 aromatic rings. The first-order valence-electron chi connectivity index (χ1n) is 5.74. The third-order valence-corrected chi connectivity index (χ3v) is 2.52. The average Bonchev–Trinajstić information content (AvgIpc) is 2.90. The summed E-state index contributed by atoms with van der Waals surface area (Å²) in [5.41, 5.74) is -0.387. The van der Waals surface area contributed by atoms with Crippen LogP contribution in [-0.2, 0) is 11.3 Å². The maximum absolute atomic E-state index is 11.9. The smallest absolute Gasteiger partial charge is 0.277 e. The van der Waals surface area contributed by atoms with E-state index in [9.17, 15) is 20.0 Å². The van der Waals surface area contributed by atoms with Crippen LogP contribution in [0.5, 0.6) is 5.75 Å². The van der Waals surface area contributed by atoms with Crippen molar-refractivity contribution in [1.82, 2.24) is 5.16 Å². The molecule has 9 nitrogen and oxygen atoms in total. The van der Waals surface area contributed by atoms with E-state index in [-0.39, 0.29) is 29.4 Å². The summed E-state index contributed by atoms with van der Waals surface area (Å²) in [6.07, 6.45) is 0. The maximum Gasteiger partial charge on any atom is 0.277 e. The second kappa shape index (κ2) is 6.01. The summed E-state index contributed by atoms with van der Waals surface area (Å²) in [7, 11) is 1.46. The fourth-order valence-corrected chi connectivity index (χ4v) is 1.55. The molecule has 110 valence electrons. The minimum absolute atomic E-state index is 0.0343. The summed E-state index contributed by atoms with van der Waals surface area (Å²) in [4.78, 5) is 21.9. The number of phenolic OH excluding ortho intramolecular Hbond substituents is 1. The topological polar surface area (TPSA) is 128 Å². The van der Waals surface area contributed by atoms with Gasteiger partial charge in [-0.2, -0.15) is 0 Å². The Hall–Kier alpha value is -2.94. The van der Waals surface area contributed by atoms with Gasteiger partial charge in [0.05, 0.1) is 10.6 Å². The second-order valence-corrected chi connectivity index (χ2v) is 4.02. The van der Waals surface area contributed by atoms with E-state index in [4.69, 9.17) is 9.26 Å². The Labute approximate surface area is 118 Å². The van der Waals surface area contributed by atoms with Gasteiger partial charge in [-0.1, -0.05) is 5.16 Å². The van der Waals surface area contributed by atoms with Crippen molar-refractivity contribution < 1.29 is 24.1 Å². The van der Waals surface area contributed by atoms with Crippen LogP contribution in [0.4, 0.5) is 11.4 Å². The van der Waals surface area contributed by atoms with Crippen molar-refractivity contribution in [2.45, 2.75) is 6.61 Å². The molecule has 9 heteroatoms. The number of benzene rings is 1. The number of nitrogens with zero attached hydrogens (tertiary/aromatic N) is 2. The van der Waals surface area contributed by atoms with Crippen LogP contribution in [0.3, 0.4) is 0 Å². The van der Waals surface area contributed by atoms with Crippen LogP contribution in [-0.4, -0.2) is 28.2 Å². The predicted octanol–water partition coefficient (Wildman–Crippen LogP) is 1.69. The summed E-state index contributed by atoms with van der Waals surface area (Å²) in [6.45, 7) is 0.155. The lowest BCUT2D eigenvalue weighted by Gasteiger charge is -2.05. The molecule has 0 aliphatic carbocycles. The van der Waals surface area contributed by atoms with E-state index < -0.39 is 10.8 Å². The lowest BCUT2D eigenvalue weighted by Crippen LogP contribution is -2.12. The number of nitro benzene ring substituents is 1. The molecule has 21 heavy (non-hydrogen) atoms. The van der Waals surface area contributed by atoms with Gasteiger partial charge in [-0.3, -0.25) is 14.9 Å². The van der Waals surface area contributed by atoms with Gasteiger partial charge in [0.1, 0.15) is 12.4 Å². The van der Waals surface area contributed by atoms with Crippen molar-refractivity contribution in [1.29, 1.82) is 0 Å². The first kappa shape index (κ1) is 14.5. The van der Waals surface area contributed by atoms with Crippen LogP contribution in [0.15, 0.2) is 28.8 Å². The number of hydrogen-bond acceptors (Lipinski definition) is 7. The van der Waals surface area contributed by atoms with Gasteiger partial charge in [-0.25, -0.2) is 0 Å². The molecule has 0 aliphatic rings. The average molecular weight is 293 g/mol. The van der Waals surface area contributed by atoms with Gasteiger partial charge in [0.25, 0.3) is 11.6 Å². The number of nitro groups is 1. The third-order valence-electron chi connectivity index (χ3n) is 2.52. The Morgan fingerprint density at radius 3 is 2.95 bits per heavy atom. The Morgan fingerprint density at radius 1 is 1.52 bits per heavy atom. The van der Waals surface area contributed by atoms with Gasteiger partial charge in [-0.05, 0) is 6.07 Å². The maximum atomic E-state index is 11.9. The Morgan fingerprint density at radius 2 is 2.29 bits per heavy atom. The van der Waals surface area contributed by atoms with Crippen LogP contribution >= 0.6 is 0 Å². The number of aromatic nitrogens is 1. The van der Waals surface area contributed by atoms with Crippen LogP contribution in [0.2, 0.25) is 0 Å². The number of nitrogens with one attached hydrogen (secondary N) is 1. The second-order valence-electron chi connectivity index (χ2n) is 4.02. The van der Waals surface area contributed by atoms with Crippen molar-refractivity contribution in [3.8, 4) is 5.75 Å². The number of ether oxygens (including phenoxy) is 1. The molecular formula is C12H11N3O6. The Bertz CT molecular complexity index is 681. The summed E-state index contributed by atoms with van der Waals surface area (Å²) in [5.74, 6) is -0.614. The number of rotatable bonds is 5. The summed E-state index contributed by atoms with van der Waals surface area (Å²) in [5, 5.41) is 26.1. The molecular weight excluding hydrogens is 282 g/mol. The largest absolute Gasteiger partial charge is 0.506 e. The molecule has 0 saturated carbocycles. The predicted molar refractivity (Wildman–Crippen MR) is 69.9 cm³/mol. The van der Waals surface area contributed by atoms with E-state index in [0.29, 0.717) is 5.76 Å². The molecule has 1 heterocycles. The first-order chi connectivity index (χ1) is 10.0. The molecule has 0 radical (unpaired) electrons. The number of methoxy groups -OCH3 is 1. The summed E-state index contributed by atoms with van der Waals surface area (Å²) >= 11 is 0. The molecule has 0 unspecified atom stereocenters. The highest BCUT2D eigenvalue weighted by Gasteiger charge is 2.16. The van der Waals surface area contributed by atoms with Crippen molar-refractivity contribution in [2.75, 3.05) is 12.4 Å². The lowest BCUT2D eigenvalue weighted by molar-refractivity contribution is -0.384. The van der Waals surface area contributed by atoms with E-state index in [2.05, 4.69) is 10.5 Å². The molecule has 0 bridgehead atoms. The van der Waals surface area contributed by atoms with Gasteiger partial charge >= 0.3 is 0 Å². The molecule has 0 spiro atoms. The number of phenols is 1. The summed E-state index contributed by atoms with van der Waals surface area (Å²) in [6, 6.07) is 4.65. The number of aromatic hydroxyl groups is 1. The normalized spacial score (nSPS) is 10.3. The monoisotopic (exact) mass is 293 g/mol. The number of hydrogen-bond donors (Lipinski definition) is 2. The highest BCUT2D eigenvalue weighted by molar-refractivity contribution is 6.03. The van der Waals surface area contributed by atoms with Crippen molar-refractivity contribution in [3.05, 3.63) is 45.8 Å². The molecule has 2 rings (SSSR count). The molecule has 0 saturated heterocycles. The zero-order valence-corrected chi connectivity index (χ0v) is 10.9. The number of anilines is 1. The van der Waals surface area contributed by atoms with Crippen LogP contribution in [0.25, 0.3) is 0 Å². The number of amides is 1. The van der Waals surface area contributed by atoms with Crippen molar-refractivity contribution in [2.24, 2.45) is 0 Å². The van der Waals surface area contributed by atoms with E-state index in [1.807, 2.05) is 0 Å². The minimum atomic E-state index is -0.670. The molecule has 0 aliphatic heterocycles. The zero-order chi connectivity index (χ0) is 15.4. The zero-order valence-electron chi connectivity index (χ0n) is 10.9. The number of carbonyl (C=O) groups excluding carboxylic acids is 1. The molecule has 1 aromatic carbocycles. The summed E-state index contributed by atoms with van der Waals surface area (Å²) < 4.78 is 9.67. The highest BCUT2D eigenvalue weighted by Crippen LogP contribution is 2.28. The molecule has 1 amide bonds. The van der Waals surface area contributed by atoms with Gasteiger partial charge in [0, 0.05) is 25.3 Å². The fraction of sp³-hybridized carbons (Fsp3) is 0.167.